The van der Waals surface area contributed by atoms with E-state index in [9.17, 15) is 0 Å². The van der Waals surface area contributed by atoms with E-state index in [0.29, 0.717) is 6.04 Å². The van der Waals surface area contributed by atoms with Crippen LogP contribution in [0.15, 0.2) is 24.3 Å². The van der Waals surface area contributed by atoms with Crippen molar-refractivity contribution in [1.82, 2.24) is 5.32 Å². The minimum absolute atomic E-state index is 0.476. The van der Waals surface area contributed by atoms with Crippen LogP contribution in [0.25, 0.3) is 0 Å². The van der Waals surface area contributed by atoms with Gasteiger partial charge in [-0.05, 0) is 56.2 Å². The van der Waals surface area contributed by atoms with E-state index in [0.717, 1.165) is 5.92 Å². The molecule has 2 heteroatoms. The van der Waals surface area contributed by atoms with Gasteiger partial charge in [0, 0.05) is 6.04 Å². The lowest BCUT2D eigenvalue weighted by molar-refractivity contribution is 0.421. The molecule has 1 aliphatic heterocycles. The van der Waals surface area contributed by atoms with Crippen LogP contribution < -0.4 is 5.32 Å². The molecule has 1 nitrogen and oxygen atoms in total. The molecule has 0 aliphatic carbocycles. The van der Waals surface area contributed by atoms with Crippen LogP contribution in [0.1, 0.15) is 36.9 Å². The van der Waals surface area contributed by atoms with Crippen molar-refractivity contribution in [3.8, 4) is 0 Å². The molecule has 1 aromatic rings. The van der Waals surface area contributed by atoms with Gasteiger partial charge in [-0.2, -0.15) is 11.8 Å². The summed E-state index contributed by atoms with van der Waals surface area (Å²) in [7, 11) is 0. The van der Waals surface area contributed by atoms with E-state index in [4.69, 9.17) is 0 Å². The Morgan fingerprint density at radius 3 is 2.82 bits per heavy atom. The molecule has 0 spiro atoms. The maximum atomic E-state index is 3.69. The van der Waals surface area contributed by atoms with Crippen LogP contribution in [0, 0.1) is 12.8 Å². The molecule has 1 aromatic carbocycles. The van der Waals surface area contributed by atoms with E-state index in [1.807, 2.05) is 0 Å². The molecule has 94 valence electrons. The molecular weight excluding hydrogens is 226 g/mol. The molecule has 1 fully saturated rings. The zero-order chi connectivity index (χ0) is 12.1. The first-order valence-electron chi connectivity index (χ1n) is 6.63. The first kappa shape index (κ1) is 13.0. The SMILES string of the molecule is Cc1cccc(C(C)NCC2CCSCC2)c1. The summed E-state index contributed by atoms with van der Waals surface area (Å²) in [4.78, 5) is 0. The number of rotatable bonds is 4. The molecule has 0 bridgehead atoms. The lowest BCUT2D eigenvalue weighted by atomic mass is 10.0. The van der Waals surface area contributed by atoms with Crippen LogP contribution in [0.2, 0.25) is 0 Å². The van der Waals surface area contributed by atoms with Gasteiger partial charge in [0.15, 0.2) is 0 Å². The average Bonchev–Trinajstić information content (AvgIpc) is 2.37. The third-order valence-electron chi connectivity index (χ3n) is 3.60. The van der Waals surface area contributed by atoms with Gasteiger partial charge in [0.2, 0.25) is 0 Å². The second-order valence-electron chi connectivity index (χ2n) is 5.10. The minimum atomic E-state index is 0.476. The predicted octanol–water partition coefficient (Wildman–Crippen LogP) is 3.79. The Labute approximate surface area is 109 Å². The standard InChI is InChI=1S/C15H23NS/c1-12-4-3-5-15(10-12)13(2)16-11-14-6-8-17-9-7-14/h3-5,10,13-14,16H,6-9,11H2,1-2H3. The van der Waals surface area contributed by atoms with Crippen LogP contribution in [0.3, 0.4) is 0 Å². The van der Waals surface area contributed by atoms with Crippen LogP contribution in [0.4, 0.5) is 0 Å². The molecule has 1 N–H and O–H groups in total. The van der Waals surface area contributed by atoms with Gasteiger partial charge in [-0.25, -0.2) is 0 Å². The molecule has 2 rings (SSSR count). The van der Waals surface area contributed by atoms with Crippen molar-refractivity contribution >= 4 is 11.8 Å². The summed E-state index contributed by atoms with van der Waals surface area (Å²) in [5.41, 5.74) is 2.76. The number of hydrogen-bond donors (Lipinski definition) is 1. The molecule has 0 amide bonds. The largest absolute Gasteiger partial charge is 0.310 e. The third-order valence-corrected chi connectivity index (χ3v) is 4.64. The second-order valence-corrected chi connectivity index (χ2v) is 6.32. The van der Waals surface area contributed by atoms with E-state index in [1.54, 1.807) is 0 Å². The van der Waals surface area contributed by atoms with Gasteiger partial charge in [-0.15, -0.1) is 0 Å². The fourth-order valence-electron chi connectivity index (χ4n) is 2.35. The lowest BCUT2D eigenvalue weighted by Gasteiger charge is -2.24. The normalized spacial score (nSPS) is 19.2. The average molecular weight is 249 g/mol. The van der Waals surface area contributed by atoms with Crippen molar-refractivity contribution in [1.29, 1.82) is 0 Å². The molecule has 17 heavy (non-hydrogen) atoms. The van der Waals surface area contributed by atoms with Crippen LogP contribution >= 0.6 is 11.8 Å². The molecule has 1 unspecified atom stereocenters. The van der Waals surface area contributed by atoms with E-state index in [-0.39, 0.29) is 0 Å². The fraction of sp³-hybridized carbons (Fsp3) is 0.600. The zero-order valence-corrected chi connectivity index (χ0v) is 11.7. The molecule has 0 saturated carbocycles. The molecule has 1 heterocycles. The summed E-state index contributed by atoms with van der Waals surface area (Å²) in [5, 5.41) is 3.69. The summed E-state index contributed by atoms with van der Waals surface area (Å²) in [6, 6.07) is 9.30. The van der Waals surface area contributed by atoms with Crippen LogP contribution in [-0.2, 0) is 0 Å². The Kier molecular flexibility index (Phi) is 4.93. The first-order valence-corrected chi connectivity index (χ1v) is 7.79. The van der Waals surface area contributed by atoms with Gasteiger partial charge in [-0.3, -0.25) is 0 Å². The van der Waals surface area contributed by atoms with Crippen molar-refractivity contribution in [3.05, 3.63) is 35.4 Å². The smallest absolute Gasteiger partial charge is 0.0292 e. The van der Waals surface area contributed by atoms with Crippen molar-refractivity contribution in [2.24, 2.45) is 5.92 Å². The van der Waals surface area contributed by atoms with E-state index >= 15 is 0 Å². The predicted molar refractivity (Wildman–Crippen MR) is 77.6 cm³/mol. The van der Waals surface area contributed by atoms with Crippen molar-refractivity contribution < 1.29 is 0 Å². The van der Waals surface area contributed by atoms with Crippen LogP contribution in [-0.4, -0.2) is 18.1 Å². The number of thioether (sulfide) groups is 1. The van der Waals surface area contributed by atoms with E-state index < -0.39 is 0 Å². The van der Waals surface area contributed by atoms with Crippen molar-refractivity contribution in [3.63, 3.8) is 0 Å². The van der Waals surface area contributed by atoms with E-state index in [2.05, 4.69) is 55.2 Å². The highest BCUT2D eigenvalue weighted by molar-refractivity contribution is 7.99. The molecule has 0 aromatic heterocycles. The van der Waals surface area contributed by atoms with Gasteiger partial charge in [-0.1, -0.05) is 29.8 Å². The second kappa shape index (κ2) is 6.46. The third kappa shape index (κ3) is 4.04. The Morgan fingerprint density at radius 2 is 2.12 bits per heavy atom. The molecule has 0 radical (unpaired) electrons. The zero-order valence-electron chi connectivity index (χ0n) is 10.9. The highest BCUT2D eigenvalue weighted by Gasteiger charge is 2.14. The van der Waals surface area contributed by atoms with Gasteiger partial charge in [0.25, 0.3) is 0 Å². The maximum absolute atomic E-state index is 3.69. The Balaban J connectivity index is 1.82. The summed E-state index contributed by atoms with van der Waals surface area (Å²) in [6.45, 7) is 5.61. The van der Waals surface area contributed by atoms with Crippen LogP contribution in [0.5, 0.6) is 0 Å². The first-order chi connectivity index (χ1) is 8.25. The topological polar surface area (TPSA) is 12.0 Å². The van der Waals surface area contributed by atoms with Gasteiger partial charge in [0.1, 0.15) is 0 Å². The highest BCUT2D eigenvalue weighted by Crippen LogP contribution is 2.23. The molecule has 1 aliphatic rings. The van der Waals surface area contributed by atoms with E-state index in [1.165, 1.54) is 42.0 Å². The maximum Gasteiger partial charge on any atom is 0.0292 e. The van der Waals surface area contributed by atoms with Gasteiger partial charge in [0.05, 0.1) is 0 Å². The fourth-order valence-corrected chi connectivity index (χ4v) is 3.56. The minimum Gasteiger partial charge on any atom is -0.310 e. The van der Waals surface area contributed by atoms with Crippen molar-refractivity contribution in [2.45, 2.75) is 32.7 Å². The quantitative estimate of drug-likeness (QED) is 0.871. The molecular formula is C15H23NS. The Bertz CT molecular complexity index is 345. The number of aryl methyl sites for hydroxylation is 1. The van der Waals surface area contributed by atoms with Gasteiger partial charge >= 0.3 is 0 Å². The molecule has 1 saturated heterocycles. The summed E-state index contributed by atoms with van der Waals surface area (Å²) in [6.07, 6.45) is 2.77. The van der Waals surface area contributed by atoms with Crippen molar-refractivity contribution in [2.75, 3.05) is 18.1 Å². The lowest BCUT2D eigenvalue weighted by Crippen LogP contribution is -2.28. The number of nitrogens with one attached hydrogen (secondary N) is 1. The van der Waals surface area contributed by atoms with Gasteiger partial charge < -0.3 is 5.32 Å². The Hall–Kier alpha value is -0.470. The molecule has 1 atom stereocenters. The number of benzene rings is 1. The highest BCUT2D eigenvalue weighted by atomic mass is 32.2. The summed E-state index contributed by atoms with van der Waals surface area (Å²) in [5.74, 6) is 3.60. The monoisotopic (exact) mass is 249 g/mol. The Morgan fingerprint density at radius 1 is 1.35 bits per heavy atom. The summed E-state index contributed by atoms with van der Waals surface area (Å²) >= 11 is 2.10. The summed E-state index contributed by atoms with van der Waals surface area (Å²) < 4.78 is 0. The number of hydrogen-bond acceptors (Lipinski definition) is 2.